The number of benzene rings is 1. The van der Waals surface area contributed by atoms with Gasteiger partial charge in [0, 0.05) is 55.7 Å². The van der Waals surface area contributed by atoms with E-state index in [1.165, 1.54) is 24.2 Å². The largest absolute Gasteiger partial charge is 0.380 e. The topological polar surface area (TPSA) is 52.0 Å². The summed E-state index contributed by atoms with van der Waals surface area (Å²) in [7, 11) is 4.18. The molecule has 1 aromatic carbocycles. The van der Waals surface area contributed by atoms with Crippen molar-refractivity contribution in [2.45, 2.75) is 25.7 Å². The molecule has 2 aromatic rings. The fourth-order valence-corrected chi connectivity index (χ4v) is 4.79. The Morgan fingerprint density at radius 3 is 2.47 bits per heavy atom. The normalized spacial score (nSPS) is 24.0. The lowest BCUT2D eigenvalue weighted by Crippen LogP contribution is -2.66. The Kier molecular flexibility index (Phi) is 4.17. The van der Waals surface area contributed by atoms with Crippen molar-refractivity contribution < 1.29 is 14.2 Å². The molecule has 4 fully saturated rings. The number of hydrogen-bond donors (Lipinski definition) is 0. The Morgan fingerprint density at radius 1 is 1.07 bits per heavy atom. The maximum Gasteiger partial charge on any atom is 0.175 e. The minimum absolute atomic E-state index is 0.178. The summed E-state index contributed by atoms with van der Waals surface area (Å²) in [6, 6.07) is 6.70. The molecule has 2 spiro atoms. The maximum absolute atomic E-state index is 5.93. The smallest absolute Gasteiger partial charge is 0.175 e. The molecule has 1 aliphatic carbocycles. The Bertz CT molecular complexity index is 930. The highest BCUT2D eigenvalue weighted by Crippen LogP contribution is 2.48. The average Bonchev–Trinajstić information content (AvgIpc) is 3.27. The lowest BCUT2D eigenvalue weighted by molar-refractivity contribution is -0.212. The van der Waals surface area contributed by atoms with Crippen LogP contribution in [0.2, 0.25) is 0 Å². The summed E-state index contributed by atoms with van der Waals surface area (Å²) < 4.78 is 19.4. The van der Waals surface area contributed by atoms with Gasteiger partial charge < -0.3 is 28.6 Å². The van der Waals surface area contributed by atoms with E-state index >= 15 is 0 Å². The quantitative estimate of drug-likeness (QED) is 0.755. The molecule has 160 valence electrons. The van der Waals surface area contributed by atoms with Crippen molar-refractivity contribution in [2.24, 2.45) is 10.8 Å². The van der Waals surface area contributed by atoms with Crippen molar-refractivity contribution >= 4 is 11.4 Å². The highest BCUT2D eigenvalue weighted by molar-refractivity contribution is 5.79. The first-order chi connectivity index (χ1) is 14.5. The highest BCUT2D eigenvalue weighted by Gasteiger charge is 2.49. The van der Waals surface area contributed by atoms with Crippen molar-refractivity contribution in [2.75, 3.05) is 63.4 Å². The molecule has 4 heterocycles. The van der Waals surface area contributed by atoms with E-state index < -0.39 is 0 Å². The molecule has 1 aromatic heterocycles. The Morgan fingerprint density at radius 2 is 1.83 bits per heavy atom. The number of nitrogens with zero attached hydrogens (tertiary/aromatic N) is 4. The van der Waals surface area contributed by atoms with Gasteiger partial charge in [-0.2, -0.15) is 0 Å². The van der Waals surface area contributed by atoms with Gasteiger partial charge in [-0.15, -0.1) is 0 Å². The van der Waals surface area contributed by atoms with Crippen LogP contribution in [0, 0.1) is 10.8 Å². The van der Waals surface area contributed by atoms with Crippen molar-refractivity contribution in [3.05, 3.63) is 30.7 Å². The Balaban J connectivity index is 1.17. The molecule has 4 aliphatic rings. The molecular formula is C23H30N4O3. The van der Waals surface area contributed by atoms with E-state index in [-0.39, 0.29) is 6.29 Å². The number of ether oxygens (including phenoxy) is 3. The van der Waals surface area contributed by atoms with E-state index in [1.54, 1.807) is 0 Å². The van der Waals surface area contributed by atoms with Crippen molar-refractivity contribution in [3.8, 4) is 11.3 Å². The highest BCUT2D eigenvalue weighted by atomic mass is 16.7. The third-order valence-corrected chi connectivity index (χ3v) is 7.07. The summed E-state index contributed by atoms with van der Waals surface area (Å²) in [5.74, 6) is 0. The van der Waals surface area contributed by atoms with Gasteiger partial charge in [0.25, 0.3) is 0 Å². The number of hydrogen-bond acceptors (Lipinski definition) is 6. The molecular weight excluding hydrogens is 380 g/mol. The predicted octanol–water partition coefficient (Wildman–Crippen LogP) is 2.61. The lowest BCUT2D eigenvalue weighted by Gasteiger charge is -2.56. The number of imidazole rings is 1. The molecule has 1 saturated carbocycles. The summed E-state index contributed by atoms with van der Waals surface area (Å²) in [5.41, 5.74) is 5.33. The van der Waals surface area contributed by atoms with Crippen molar-refractivity contribution in [1.29, 1.82) is 0 Å². The van der Waals surface area contributed by atoms with E-state index in [0.717, 1.165) is 50.8 Å². The van der Waals surface area contributed by atoms with Gasteiger partial charge in [-0.3, -0.25) is 0 Å². The summed E-state index contributed by atoms with van der Waals surface area (Å²) >= 11 is 0. The van der Waals surface area contributed by atoms with Gasteiger partial charge in [0.05, 0.1) is 50.4 Å². The van der Waals surface area contributed by atoms with Gasteiger partial charge in [0.1, 0.15) is 0 Å². The summed E-state index contributed by atoms with van der Waals surface area (Å²) in [4.78, 5) is 9.30. The molecule has 30 heavy (non-hydrogen) atoms. The molecule has 0 N–H and O–H groups in total. The second-order valence-corrected chi connectivity index (χ2v) is 9.95. The van der Waals surface area contributed by atoms with Gasteiger partial charge in [0.15, 0.2) is 6.29 Å². The predicted molar refractivity (Wildman–Crippen MR) is 115 cm³/mol. The molecule has 0 unspecified atom stereocenters. The zero-order chi connectivity index (χ0) is 20.3. The van der Waals surface area contributed by atoms with Crippen LogP contribution in [0.3, 0.4) is 0 Å². The number of rotatable bonds is 5. The molecule has 0 amide bonds. The number of anilines is 2. The van der Waals surface area contributed by atoms with Crippen LogP contribution in [-0.4, -0.2) is 69.5 Å². The molecule has 0 atom stereocenters. The summed E-state index contributed by atoms with van der Waals surface area (Å²) in [6.45, 7) is 6.35. The fraction of sp³-hybridized carbons (Fsp3) is 0.609. The molecule has 0 radical (unpaired) electrons. The average molecular weight is 411 g/mol. The first-order valence-electron chi connectivity index (χ1n) is 10.9. The van der Waals surface area contributed by atoms with Gasteiger partial charge in [-0.05, 0) is 31.0 Å². The lowest BCUT2D eigenvalue weighted by atomic mass is 9.77. The summed E-state index contributed by atoms with van der Waals surface area (Å²) in [5, 5.41) is 0. The third-order valence-electron chi connectivity index (χ3n) is 7.07. The van der Waals surface area contributed by atoms with E-state index in [2.05, 4.69) is 57.8 Å². The van der Waals surface area contributed by atoms with E-state index in [9.17, 15) is 0 Å². The minimum atomic E-state index is -0.178. The van der Waals surface area contributed by atoms with Crippen LogP contribution in [0.4, 0.5) is 11.4 Å². The third kappa shape index (κ3) is 3.20. The minimum Gasteiger partial charge on any atom is -0.380 e. The van der Waals surface area contributed by atoms with Crippen molar-refractivity contribution in [1.82, 2.24) is 9.55 Å². The molecule has 3 aliphatic heterocycles. The van der Waals surface area contributed by atoms with Crippen LogP contribution in [0.15, 0.2) is 30.7 Å². The van der Waals surface area contributed by atoms with Gasteiger partial charge >= 0.3 is 0 Å². The molecule has 7 heteroatoms. The van der Waals surface area contributed by atoms with Crippen LogP contribution >= 0.6 is 0 Å². The number of aromatic nitrogens is 2. The molecule has 3 saturated heterocycles. The zero-order valence-electron chi connectivity index (χ0n) is 17.8. The summed E-state index contributed by atoms with van der Waals surface area (Å²) in [6.07, 6.45) is 6.28. The molecule has 0 bridgehead atoms. The standard InChI is InChI=1S/C23H30N4O3/c1-25(2)20-7-17(27-10-23(11-27)12-28-13-23)3-4-18(20)19-8-26(16-24-19)9-21-29-14-22(5-6-22)15-30-21/h3-4,7-8,16,21H,5-6,9-15H2,1-2H3. The van der Waals surface area contributed by atoms with Crippen LogP contribution in [-0.2, 0) is 20.8 Å². The SMILES string of the molecule is CN(C)c1cc(N2CC3(COC3)C2)ccc1-c1cn(CC2OCC3(CC3)CO2)cn1. The molecule has 7 nitrogen and oxygen atoms in total. The Hall–Kier alpha value is -2.09. The first kappa shape index (κ1) is 18.7. The van der Waals surface area contributed by atoms with Crippen LogP contribution < -0.4 is 9.80 Å². The first-order valence-corrected chi connectivity index (χ1v) is 10.9. The fourth-order valence-electron chi connectivity index (χ4n) is 4.79. The zero-order valence-corrected chi connectivity index (χ0v) is 17.8. The monoisotopic (exact) mass is 410 g/mol. The van der Waals surface area contributed by atoms with Crippen LogP contribution in [0.25, 0.3) is 11.3 Å². The van der Waals surface area contributed by atoms with Crippen LogP contribution in [0.5, 0.6) is 0 Å². The van der Waals surface area contributed by atoms with Gasteiger partial charge in [-0.25, -0.2) is 4.98 Å². The van der Waals surface area contributed by atoms with Gasteiger partial charge in [-0.1, -0.05) is 0 Å². The maximum atomic E-state index is 5.93. The van der Waals surface area contributed by atoms with E-state index in [1.807, 2.05) is 6.33 Å². The van der Waals surface area contributed by atoms with E-state index in [4.69, 9.17) is 14.2 Å². The molecule has 6 rings (SSSR count). The van der Waals surface area contributed by atoms with E-state index in [0.29, 0.717) is 17.4 Å². The second-order valence-electron chi connectivity index (χ2n) is 9.95. The van der Waals surface area contributed by atoms with Crippen molar-refractivity contribution in [3.63, 3.8) is 0 Å². The van der Waals surface area contributed by atoms with Crippen LogP contribution in [0.1, 0.15) is 12.8 Å². The second kappa shape index (κ2) is 6.70. The Labute approximate surface area is 177 Å². The van der Waals surface area contributed by atoms with Gasteiger partial charge in [0.2, 0.25) is 0 Å².